The van der Waals surface area contributed by atoms with E-state index in [4.69, 9.17) is 16.3 Å². The third kappa shape index (κ3) is 2.50. The Kier molecular flexibility index (Phi) is 3.39. The van der Waals surface area contributed by atoms with Crippen LogP contribution in [0.15, 0.2) is 24.3 Å². The Balaban J connectivity index is 2.22. The van der Waals surface area contributed by atoms with Crippen molar-refractivity contribution in [1.82, 2.24) is 4.98 Å². The predicted octanol–water partition coefficient (Wildman–Crippen LogP) is 3.04. The molecule has 2 N–H and O–H groups in total. The van der Waals surface area contributed by atoms with Crippen LogP contribution in [0.3, 0.4) is 0 Å². The van der Waals surface area contributed by atoms with Crippen molar-refractivity contribution in [2.75, 3.05) is 18.5 Å². The molecule has 0 saturated carbocycles. The van der Waals surface area contributed by atoms with Crippen molar-refractivity contribution in [3.8, 4) is 17.0 Å². The summed E-state index contributed by atoms with van der Waals surface area (Å²) in [5, 5.41) is 12.6. The highest BCUT2D eigenvalue weighted by Gasteiger charge is 2.23. The van der Waals surface area contributed by atoms with Gasteiger partial charge in [-0.2, -0.15) is 0 Å². The maximum absolute atomic E-state index is 13.9. The second-order valence-corrected chi connectivity index (χ2v) is 4.87. The summed E-state index contributed by atoms with van der Waals surface area (Å²) in [7, 11) is 0. The number of hydrogen-bond donors (Lipinski definition) is 2. The summed E-state index contributed by atoms with van der Waals surface area (Å²) in [5.74, 6) is -1.60. The molecule has 0 amide bonds. The quantitative estimate of drug-likeness (QED) is 0.892. The summed E-state index contributed by atoms with van der Waals surface area (Å²) in [6, 6.07) is 5.58. The standard InChI is InChI=1S/C14H10ClFN2O3/c15-7-1-2-9(16)8(5-7)10-6-11-13(21-4-3-17-11)12(18-10)14(19)20/h1-2,5-6,17H,3-4H2,(H,19,20). The molecule has 1 aromatic carbocycles. The fraction of sp³-hybridized carbons (Fsp3) is 0.143. The lowest BCUT2D eigenvalue weighted by molar-refractivity contribution is 0.0685. The monoisotopic (exact) mass is 308 g/mol. The molecule has 7 heteroatoms. The number of aromatic nitrogens is 1. The minimum Gasteiger partial charge on any atom is -0.487 e. The van der Waals surface area contributed by atoms with Gasteiger partial charge in [-0.15, -0.1) is 0 Å². The first-order valence-corrected chi connectivity index (χ1v) is 6.54. The van der Waals surface area contributed by atoms with Crippen LogP contribution >= 0.6 is 11.6 Å². The lowest BCUT2D eigenvalue weighted by Gasteiger charge is -2.21. The van der Waals surface area contributed by atoms with Gasteiger partial charge in [0.25, 0.3) is 0 Å². The number of anilines is 1. The molecule has 0 atom stereocenters. The van der Waals surface area contributed by atoms with Gasteiger partial charge in [-0.25, -0.2) is 14.2 Å². The van der Waals surface area contributed by atoms with Gasteiger partial charge in [-0.05, 0) is 24.3 Å². The molecule has 0 spiro atoms. The number of aromatic carboxylic acids is 1. The van der Waals surface area contributed by atoms with Gasteiger partial charge in [-0.1, -0.05) is 11.6 Å². The van der Waals surface area contributed by atoms with Crippen molar-refractivity contribution in [3.05, 3.63) is 40.8 Å². The number of pyridine rings is 1. The summed E-state index contributed by atoms with van der Waals surface area (Å²) >= 11 is 5.86. The molecule has 21 heavy (non-hydrogen) atoms. The van der Waals surface area contributed by atoms with Crippen molar-refractivity contribution in [3.63, 3.8) is 0 Å². The molecule has 2 heterocycles. The minimum atomic E-state index is -1.24. The highest BCUT2D eigenvalue weighted by atomic mass is 35.5. The number of hydrogen-bond acceptors (Lipinski definition) is 4. The molecule has 0 unspecified atom stereocenters. The zero-order chi connectivity index (χ0) is 15.0. The molecule has 108 valence electrons. The van der Waals surface area contributed by atoms with E-state index < -0.39 is 11.8 Å². The average molecular weight is 309 g/mol. The van der Waals surface area contributed by atoms with Gasteiger partial charge in [0.2, 0.25) is 0 Å². The first-order valence-electron chi connectivity index (χ1n) is 6.16. The van der Waals surface area contributed by atoms with E-state index in [1.54, 1.807) is 6.07 Å². The predicted molar refractivity (Wildman–Crippen MR) is 75.6 cm³/mol. The largest absolute Gasteiger partial charge is 0.487 e. The Morgan fingerprint density at radius 1 is 1.43 bits per heavy atom. The van der Waals surface area contributed by atoms with E-state index in [1.165, 1.54) is 18.2 Å². The number of rotatable bonds is 2. The molecule has 1 aliphatic rings. The number of carboxylic acid groups (broad SMARTS) is 1. The Morgan fingerprint density at radius 3 is 3.00 bits per heavy atom. The maximum Gasteiger partial charge on any atom is 0.358 e. The Bertz CT molecular complexity index is 736. The van der Waals surface area contributed by atoms with Crippen LogP contribution in [0.1, 0.15) is 10.5 Å². The number of ether oxygens (including phenoxy) is 1. The van der Waals surface area contributed by atoms with Crippen molar-refractivity contribution in [2.24, 2.45) is 0 Å². The molecule has 0 bridgehead atoms. The van der Waals surface area contributed by atoms with Crippen molar-refractivity contribution < 1.29 is 19.0 Å². The summed E-state index contributed by atoms with van der Waals surface area (Å²) in [6.07, 6.45) is 0. The summed E-state index contributed by atoms with van der Waals surface area (Å²) in [4.78, 5) is 15.3. The smallest absolute Gasteiger partial charge is 0.358 e. The van der Waals surface area contributed by atoms with Gasteiger partial charge in [0.15, 0.2) is 11.4 Å². The highest BCUT2D eigenvalue weighted by Crippen LogP contribution is 2.35. The number of nitrogens with zero attached hydrogens (tertiary/aromatic N) is 1. The van der Waals surface area contributed by atoms with E-state index in [-0.39, 0.29) is 22.7 Å². The van der Waals surface area contributed by atoms with Crippen molar-refractivity contribution in [2.45, 2.75) is 0 Å². The van der Waals surface area contributed by atoms with Gasteiger partial charge < -0.3 is 15.2 Å². The lowest BCUT2D eigenvalue weighted by Crippen LogP contribution is -2.21. The van der Waals surface area contributed by atoms with Gasteiger partial charge in [-0.3, -0.25) is 0 Å². The second-order valence-electron chi connectivity index (χ2n) is 4.44. The number of fused-ring (bicyclic) bond motifs is 1. The van der Waals surface area contributed by atoms with E-state index >= 15 is 0 Å². The van der Waals surface area contributed by atoms with Gasteiger partial charge in [0.05, 0.1) is 11.4 Å². The number of carbonyl (C=O) groups is 1. The SMILES string of the molecule is O=C(O)c1nc(-c2cc(Cl)ccc2F)cc2c1OCCN2. The molecule has 5 nitrogen and oxygen atoms in total. The number of halogens is 2. The van der Waals surface area contributed by atoms with Crippen LogP contribution in [0.4, 0.5) is 10.1 Å². The summed E-state index contributed by atoms with van der Waals surface area (Å²) < 4.78 is 19.3. The zero-order valence-corrected chi connectivity index (χ0v) is 11.4. The lowest BCUT2D eigenvalue weighted by atomic mass is 10.1. The number of benzene rings is 1. The van der Waals surface area contributed by atoms with Crippen LogP contribution in [0.2, 0.25) is 5.02 Å². The fourth-order valence-corrected chi connectivity index (χ4v) is 2.30. The minimum absolute atomic E-state index is 0.139. The molecule has 0 radical (unpaired) electrons. The van der Waals surface area contributed by atoms with Crippen LogP contribution in [0.25, 0.3) is 11.3 Å². The van der Waals surface area contributed by atoms with Crippen LogP contribution in [-0.4, -0.2) is 29.2 Å². The van der Waals surface area contributed by atoms with Crippen molar-refractivity contribution in [1.29, 1.82) is 0 Å². The normalized spacial score (nSPS) is 13.0. The third-order valence-corrected chi connectivity index (χ3v) is 3.28. The number of nitrogens with one attached hydrogen (secondary N) is 1. The molecule has 1 aliphatic heterocycles. The van der Waals surface area contributed by atoms with E-state index in [2.05, 4.69) is 10.3 Å². The first-order chi connectivity index (χ1) is 10.1. The molecule has 0 aliphatic carbocycles. The van der Waals surface area contributed by atoms with E-state index in [0.717, 1.165) is 0 Å². The van der Waals surface area contributed by atoms with Crippen LogP contribution in [0, 0.1) is 5.82 Å². The second kappa shape index (κ2) is 5.21. The molecular weight excluding hydrogens is 299 g/mol. The van der Waals surface area contributed by atoms with E-state index in [9.17, 15) is 14.3 Å². The molecule has 1 aromatic heterocycles. The van der Waals surface area contributed by atoms with E-state index in [1.807, 2.05) is 0 Å². The van der Waals surface area contributed by atoms with Crippen LogP contribution in [0.5, 0.6) is 5.75 Å². The number of carboxylic acids is 1. The molecular formula is C14H10ClFN2O3. The Hall–Kier alpha value is -2.34. The van der Waals surface area contributed by atoms with E-state index in [0.29, 0.717) is 23.9 Å². The molecule has 3 rings (SSSR count). The highest BCUT2D eigenvalue weighted by molar-refractivity contribution is 6.30. The van der Waals surface area contributed by atoms with Crippen LogP contribution in [-0.2, 0) is 0 Å². The van der Waals surface area contributed by atoms with Gasteiger partial charge >= 0.3 is 5.97 Å². The first kappa shape index (κ1) is 13.6. The molecule has 2 aromatic rings. The zero-order valence-electron chi connectivity index (χ0n) is 10.7. The average Bonchev–Trinajstić information content (AvgIpc) is 2.48. The van der Waals surface area contributed by atoms with Gasteiger partial charge in [0.1, 0.15) is 12.4 Å². The van der Waals surface area contributed by atoms with Crippen LogP contribution < -0.4 is 10.1 Å². The maximum atomic E-state index is 13.9. The molecule has 0 fully saturated rings. The fourth-order valence-electron chi connectivity index (χ4n) is 2.13. The summed E-state index contributed by atoms with van der Waals surface area (Å²) in [5.41, 5.74) is 0.543. The van der Waals surface area contributed by atoms with Gasteiger partial charge in [0, 0.05) is 17.1 Å². The summed E-state index contributed by atoms with van der Waals surface area (Å²) in [6.45, 7) is 0.882. The Morgan fingerprint density at radius 2 is 2.24 bits per heavy atom. The third-order valence-electron chi connectivity index (χ3n) is 3.04. The van der Waals surface area contributed by atoms with Crippen molar-refractivity contribution >= 4 is 23.3 Å². The molecule has 0 saturated heterocycles. The topological polar surface area (TPSA) is 71.5 Å². The Labute approximate surface area is 124 Å².